The number of ether oxygens (including phenoxy) is 1. The first-order valence-electron chi connectivity index (χ1n) is 5.48. The number of carbonyl (C=O) groups excluding carboxylic acids is 1. The SMILES string of the molecule is CCOC(=O)CC=Cc1cc(F)ccc1CN. The molecule has 0 radical (unpaired) electrons. The van der Waals surface area contributed by atoms with Gasteiger partial charge in [-0.25, -0.2) is 4.39 Å². The molecule has 2 N–H and O–H groups in total. The predicted molar refractivity (Wildman–Crippen MR) is 64.6 cm³/mol. The van der Waals surface area contributed by atoms with Crippen molar-refractivity contribution in [3.05, 3.63) is 41.2 Å². The van der Waals surface area contributed by atoms with E-state index in [9.17, 15) is 9.18 Å². The Balaban J connectivity index is 2.70. The molecule has 0 atom stereocenters. The molecule has 0 aromatic heterocycles. The lowest BCUT2D eigenvalue weighted by Gasteiger charge is -2.03. The van der Waals surface area contributed by atoms with E-state index in [0.717, 1.165) is 5.56 Å². The lowest BCUT2D eigenvalue weighted by molar-refractivity contribution is -0.142. The van der Waals surface area contributed by atoms with Crippen LogP contribution in [0.3, 0.4) is 0 Å². The van der Waals surface area contributed by atoms with Gasteiger partial charge in [-0.05, 0) is 30.2 Å². The van der Waals surface area contributed by atoms with Crippen LogP contribution in [0, 0.1) is 5.82 Å². The molecule has 0 aliphatic heterocycles. The third-order valence-electron chi connectivity index (χ3n) is 2.22. The third-order valence-corrected chi connectivity index (χ3v) is 2.22. The average molecular weight is 237 g/mol. The molecule has 17 heavy (non-hydrogen) atoms. The van der Waals surface area contributed by atoms with Gasteiger partial charge in [-0.1, -0.05) is 18.2 Å². The van der Waals surface area contributed by atoms with E-state index in [1.807, 2.05) is 0 Å². The molecular formula is C13H16FNO2. The molecule has 1 aromatic carbocycles. The molecule has 0 spiro atoms. The molecule has 0 aliphatic carbocycles. The first-order valence-corrected chi connectivity index (χ1v) is 5.48. The Labute approximate surface area is 100 Å². The second-order valence-corrected chi connectivity index (χ2v) is 3.46. The van der Waals surface area contributed by atoms with Gasteiger partial charge in [-0.2, -0.15) is 0 Å². The summed E-state index contributed by atoms with van der Waals surface area (Å²) in [5, 5.41) is 0. The molecular weight excluding hydrogens is 221 g/mol. The van der Waals surface area contributed by atoms with E-state index >= 15 is 0 Å². The van der Waals surface area contributed by atoms with E-state index in [1.165, 1.54) is 12.1 Å². The first-order chi connectivity index (χ1) is 8.17. The molecule has 0 saturated carbocycles. The standard InChI is InChI=1S/C13H16FNO2/c1-2-17-13(16)5-3-4-10-8-12(14)7-6-11(10)9-15/h3-4,6-8H,2,5,9,15H2,1H3. The van der Waals surface area contributed by atoms with Crippen LogP contribution in [0.1, 0.15) is 24.5 Å². The summed E-state index contributed by atoms with van der Waals surface area (Å²) in [5.41, 5.74) is 7.06. The summed E-state index contributed by atoms with van der Waals surface area (Å²) in [6.45, 7) is 2.45. The van der Waals surface area contributed by atoms with E-state index in [-0.39, 0.29) is 18.2 Å². The fourth-order valence-electron chi connectivity index (χ4n) is 1.41. The summed E-state index contributed by atoms with van der Waals surface area (Å²) in [7, 11) is 0. The zero-order valence-electron chi connectivity index (χ0n) is 9.78. The molecule has 0 heterocycles. The van der Waals surface area contributed by atoms with E-state index in [4.69, 9.17) is 10.5 Å². The van der Waals surface area contributed by atoms with Crippen molar-refractivity contribution in [3.63, 3.8) is 0 Å². The number of carbonyl (C=O) groups is 1. The highest BCUT2D eigenvalue weighted by Gasteiger charge is 2.01. The normalized spacial score (nSPS) is 10.8. The van der Waals surface area contributed by atoms with Gasteiger partial charge in [0.1, 0.15) is 5.82 Å². The molecule has 1 aromatic rings. The number of hydrogen-bond donors (Lipinski definition) is 1. The molecule has 92 valence electrons. The van der Waals surface area contributed by atoms with Gasteiger partial charge in [-0.3, -0.25) is 4.79 Å². The van der Waals surface area contributed by atoms with E-state index in [1.54, 1.807) is 25.1 Å². The van der Waals surface area contributed by atoms with Crippen molar-refractivity contribution in [2.75, 3.05) is 6.61 Å². The van der Waals surface area contributed by atoms with Gasteiger partial charge in [0.25, 0.3) is 0 Å². The Morgan fingerprint density at radius 1 is 1.53 bits per heavy atom. The summed E-state index contributed by atoms with van der Waals surface area (Å²) >= 11 is 0. The highest BCUT2D eigenvalue weighted by atomic mass is 19.1. The first kappa shape index (κ1) is 13.4. The van der Waals surface area contributed by atoms with Gasteiger partial charge < -0.3 is 10.5 Å². The fourth-order valence-corrected chi connectivity index (χ4v) is 1.41. The van der Waals surface area contributed by atoms with Gasteiger partial charge in [0.2, 0.25) is 0 Å². The molecule has 3 nitrogen and oxygen atoms in total. The van der Waals surface area contributed by atoms with Crippen molar-refractivity contribution in [1.29, 1.82) is 0 Å². The van der Waals surface area contributed by atoms with Crippen LogP contribution in [-0.4, -0.2) is 12.6 Å². The number of benzene rings is 1. The van der Waals surface area contributed by atoms with Crippen molar-refractivity contribution >= 4 is 12.0 Å². The lowest BCUT2D eigenvalue weighted by Crippen LogP contribution is -2.02. The van der Waals surface area contributed by atoms with Crippen LogP contribution in [0.25, 0.3) is 6.08 Å². The minimum absolute atomic E-state index is 0.175. The molecule has 4 heteroatoms. The number of rotatable bonds is 5. The molecule has 0 fully saturated rings. The Kier molecular flexibility index (Phi) is 5.36. The van der Waals surface area contributed by atoms with Crippen LogP contribution in [0.4, 0.5) is 4.39 Å². The van der Waals surface area contributed by atoms with Gasteiger partial charge in [0.15, 0.2) is 0 Å². The summed E-state index contributed by atoms with van der Waals surface area (Å²) in [5.74, 6) is -0.618. The quantitative estimate of drug-likeness (QED) is 0.799. The molecule has 0 saturated heterocycles. The third kappa shape index (κ3) is 4.36. The Bertz CT molecular complexity index is 416. The van der Waals surface area contributed by atoms with Gasteiger partial charge >= 0.3 is 5.97 Å². The number of nitrogens with two attached hydrogens (primary N) is 1. The van der Waals surface area contributed by atoms with Crippen LogP contribution in [0.15, 0.2) is 24.3 Å². The van der Waals surface area contributed by atoms with Gasteiger partial charge in [-0.15, -0.1) is 0 Å². The topological polar surface area (TPSA) is 52.3 Å². The van der Waals surface area contributed by atoms with Crippen LogP contribution in [-0.2, 0) is 16.1 Å². The molecule has 0 aliphatic rings. The van der Waals surface area contributed by atoms with Gasteiger partial charge in [0, 0.05) is 6.54 Å². The summed E-state index contributed by atoms with van der Waals surface area (Å²) in [6.07, 6.45) is 3.50. The smallest absolute Gasteiger partial charge is 0.309 e. The molecule has 0 bridgehead atoms. The number of hydrogen-bond acceptors (Lipinski definition) is 3. The maximum Gasteiger partial charge on any atom is 0.309 e. The Morgan fingerprint density at radius 3 is 2.94 bits per heavy atom. The van der Waals surface area contributed by atoms with E-state index in [2.05, 4.69) is 0 Å². The summed E-state index contributed by atoms with van der Waals surface area (Å²) in [6, 6.07) is 4.40. The molecule has 0 unspecified atom stereocenters. The zero-order chi connectivity index (χ0) is 12.7. The van der Waals surface area contributed by atoms with Crippen LogP contribution >= 0.6 is 0 Å². The Morgan fingerprint density at radius 2 is 2.29 bits per heavy atom. The van der Waals surface area contributed by atoms with Crippen LogP contribution in [0.2, 0.25) is 0 Å². The number of halogens is 1. The summed E-state index contributed by atoms with van der Waals surface area (Å²) < 4.78 is 17.8. The largest absolute Gasteiger partial charge is 0.466 e. The maximum atomic E-state index is 13.0. The second kappa shape index (κ2) is 6.81. The van der Waals surface area contributed by atoms with Crippen molar-refractivity contribution < 1.29 is 13.9 Å². The Hall–Kier alpha value is -1.68. The minimum Gasteiger partial charge on any atom is -0.466 e. The second-order valence-electron chi connectivity index (χ2n) is 3.46. The predicted octanol–water partition coefficient (Wildman–Crippen LogP) is 2.25. The monoisotopic (exact) mass is 237 g/mol. The fraction of sp³-hybridized carbons (Fsp3) is 0.308. The summed E-state index contributed by atoms with van der Waals surface area (Å²) in [4.78, 5) is 11.1. The van der Waals surface area contributed by atoms with Gasteiger partial charge in [0.05, 0.1) is 13.0 Å². The van der Waals surface area contributed by atoms with E-state index in [0.29, 0.717) is 18.7 Å². The number of esters is 1. The average Bonchev–Trinajstić information content (AvgIpc) is 2.30. The van der Waals surface area contributed by atoms with Crippen molar-refractivity contribution in [2.24, 2.45) is 5.73 Å². The minimum atomic E-state index is -0.321. The zero-order valence-corrected chi connectivity index (χ0v) is 9.78. The molecule has 1 rings (SSSR count). The van der Waals surface area contributed by atoms with Crippen molar-refractivity contribution in [1.82, 2.24) is 0 Å². The molecule has 0 amide bonds. The highest BCUT2D eigenvalue weighted by Crippen LogP contribution is 2.13. The van der Waals surface area contributed by atoms with Crippen LogP contribution < -0.4 is 5.73 Å². The highest BCUT2D eigenvalue weighted by molar-refractivity contribution is 5.72. The van der Waals surface area contributed by atoms with E-state index < -0.39 is 0 Å². The maximum absolute atomic E-state index is 13.0. The van der Waals surface area contributed by atoms with Crippen molar-refractivity contribution in [2.45, 2.75) is 19.9 Å². The van der Waals surface area contributed by atoms with Crippen LogP contribution in [0.5, 0.6) is 0 Å². The lowest BCUT2D eigenvalue weighted by atomic mass is 10.1. The van der Waals surface area contributed by atoms with Crippen molar-refractivity contribution in [3.8, 4) is 0 Å².